The van der Waals surface area contributed by atoms with Gasteiger partial charge < -0.3 is 4.90 Å². The van der Waals surface area contributed by atoms with Crippen LogP contribution in [-0.4, -0.2) is 6.54 Å². The van der Waals surface area contributed by atoms with Crippen molar-refractivity contribution in [2.24, 2.45) is 0 Å². The van der Waals surface area contributed by atoms with Crippen LogP contribution in [0.2, 0.25) is 0 Å². The lowest BCUT2D eigenvalue weighted by Gasteiger charge is -2.20. The van der Waals surface area contributed by atoms with Crippen molar-refractivity contribution in [3.8, 4) is 0 Å². The zero-order valence-corrected chi connectivity index (χ0v) is 33.1. The molecule has 0 amide bonds. The number of aromatic nitrogens is 1. The third-order valence-corrected chi connectivity index (χ3v) is 12.5. The normalized spacial score (nSPS) is 13.8. The van der Waals surface area contributed by atoms with Crippen LogP contribution >= 0.6 is 23.1 Å². The third-order valence-electron chi connectivity index (χ3n) is 10.2. The maximum Gasteiger partial charge on any atom is 0.262 e. The second-order valence-corrected chi connectivity index (χ2v) is 16.5. The average Bonchev–Trinajstić information content (AvgIpc) is 3.66. The van der Waals surface area contributed by atoms with Gasteiger partial charge in [0, 0.05) is 30.0 Å². The molecule has 2 heterocycles. The summed E-state index contributed by atoms with van der Waals surface area (Å²) < 4.78 is 3.97. The fourth-order valence-electron chi connectivity index (χ4n) is 7.25. The Bertz CT molecular complexity index is 1360. The number of benzene rings is 2. The standard InChI is InChI=1S/C45H69N2S2/c1-3-5-7-9-11-13-15-17-19-21-23-29-38-46-40-32-25-27-34-42(40)48-44(46)36-31-37-45-47(41-33-26-28-35-43(41)49-45)39-30-24-22-20-18-16-14-12-10-8-6-4-2/h25-28,31-37H,3-24,29-30,38-39H2,1-2H3/q+1. The summed E-state index contributed by atoms with van der Waals surface area (Å²) in [6.07, 6.45) is 40.6. The maximum atomic E-state index is 2.58. The molecule has 1 aromatic heterocycles. The van der Waals surface area contributed by atoms with E-state index in [9.17, 15) is 0 Å². The van der Waals surface area contributed by atoms with Gasteiger partial charge in [-0.3, -0.25) is 0 Å². The first kappa shape index (κ1) is 39.7. The van der Waals surface area contributed by atoms with Gasteiger partial charge in [-0.1, -0.05) is 202 Å². The van der Waals surface area contributed by atoms with Gasteiger partial charge in [0.15, 0.2) is 6.54 Å². The highest BCUT2D eigenvalue weighted by Gasteiger charge is 2.24. The molecule has 4 heteroatoms. The fourth-order valence-corrected chi connectivity index (χ4v) is 9.45. The highest BCUT2D eigenvalue weighted by molar-refractivity contribution is 8.03. The van der Waals surface area contributed by atoms with Crippen LogP contribution in [0.5, 0.6) is 0 Å². The number of aryl methyl sites for hydroxylation is 1. The van der Waals surface area contributed by atoms with E-state index >= 15 is 0 Å². The molecule has 0 bridgehead atoms. The van der Waals surface area contributed by atoms with Crippen LogP contribution < -0.4 is 9.47 Å². The van der Waals surface area contributed by atoms with Gasteiger partial charge in [-0.2, -0.15) is 4.57 Å². The van der Waals surface area contributed by atoms with E-state index in [4.69, 9.17) is 0 Å². The minimum Gasteiger partial charge on any atom is -0.335 e. The zero-order chi connectivity index (χ0) is 34.2. The molecule has 0 spiro atoms. The molecule has 0 unspecified atom stereocenters. The van der Waals surface area contributed by atoms with E-state index in [1.165, 1.54) is 185 Å². The minimum atomic E-state index is 1.11. The van der Waals surface area contributed by atoms with Crippen molar-refractivity contribution in [1.29, 1.82) is 0 Å². The molecule has 0 atom stereocenters. The van der Waals surface area contributed by atoms with Crippen molar-refractivity contribution in [3.63, 3.8) is 0 Å². The van der Waals surface area contributed by atoms with Crippen molar-refractivity contribution in [2.45, 2.75) is 179 Å². The molecule has 49 heavy (non-hydrogen) atoms. The van der Waals surface area contributed by atoms with Crippen LogP contribution in [0.15, 0.2) is 70.6 Å². The van der Waals surface area contributed by atoms with Crippen LogP contribution in [0, 0.1) is 0 Å². The molecule has 0 saturated carbocycles. The lowest BCUT2D eigenvalue weighted by molar-refractivity contribution is -0.669. The van der Waals surface area contributed by atoms with Gasteiger partial charge in [-0.05, 0) is 37.1 Å². The topological polar surface area (TPSA) is 7.12 Å². The largest absolute Gasteiger partial charge is 0.335 e. The quantitative estimate of drug-likeness (QED) is 0.0549. The zero-order valence-electron chi connectivity index (χ0n) is 31.4. The number of thiazole rings is 1. The lowest BCUT2D eigenvalue weighted by atomic mass is 10.1. The van der Waals surface area contributed by atoms with Gasteiger partial charge in [0.05, 0.1) is 10.7 Å². The molecule has 0 saturated heterocycles. The van der Waals surface area contributed by atoms with Crippen molar-refractivity contribution in [1.82, 2.24) is 0 Å². The molecule has 3 aromatic rings. The Morgan fingerprint density at radius 3 is 1.69 bits per heavy atom. The van der Waals surface area contributed by atoms with E-state index in [1.54, 1.807) is 0 Å². The molecule has 270 valence electrons. The molecule has 2 aromatic carbocycles. The van der Waals surface area contributed by atoms with Gasteiger partial charge in [0.2, 0.25) is 5.52 Å². The smallest absolute Gasteiger partial charge is 0.262 e. The minimum absolute atomic E-state index is 1.11. The second kappa shape index (κ2) is 25.0. The molecule has 2 nitrogen and oxygen atoms in total. The Morgan fingerprint density at radius 2 is 1.08 bits per heavy atom. The maximum absolute atomic E-state index is 2.58. The number of thioether (sulfide) groups is 1. The van der Waals surface area contributed by atoms with Gasteiger partial charge in [0.25, 0.3) is 5.01 Å². The summed E-state index contributed by atoms with van der Waals surface area (Å²) in [5.41, 5.74) is 2.78. The Kier molecular flexibility index (Phi) is 20.3. The molecule has 1 aliphatic rings. The van der Waals surface area contributed by atoms with Crippen LogP contribution in [0.25, 0.3) is 16.3 Å². The molecular formula is C45H69N2S2+. The number of unbranched alkanes of at least 4 members (excludes halogenated alkanes) is 22. The highest BCUT2D eigenvalue weighted by Crippen LogP contribution is 2.46. The van der Waals surface area contributed by atoms with Gasteiger partial charge >= 0.3 is 0 Å². The predicted molar refractivity (Wildman–Crippen MR) is 221 cm³/mol. The Balaban J connectivity index is 1.22. The van der Waals surface area contributed by atoms with Crippen molar-refractivity contribution >= 4 is 45.1 Å². The summed E-state index contributed by atoms with van der Waals surface area (Å²) >= 11 is 3.87. The number of allylic oxidation sites excluding steroid dienone is 2. The van der Waals surface area contributed by atoms with Gasteiger partial charge in [-0.25, -0.2) is 0 Å². The number of hydrogen-bond acceptors (Lipinski definition) is 3. The summed E-state index contributed by atoms with van der Waals surface area (Å²) in [4.78, 5) is 3.97. The van der Waals surface area contributed by atoms with E-state index in [0.717, 1.165) is 13.1 Å². The lowest BCUT2D eigenvalue weighted by Crippen LogP contribution is -2.34. The van der Waals surface area contributed by atoms with E-state index in [1.807, 2.05) is 23.1 Å². The van der Waals surface area contributed by atoms with Crippen molar-refractivity contribution in [3.05, 3.63) is 70.7 Å². The molecule has 0 aliphatic carbocycles. The summed E-state index contributed by atoms with van der Waals surface area (Å²) in [6, 6.07) is 17.9. The molecule has 4 rings (SSSR count). The number of hydrogen-bond donors (Lipinski definition) is 0. The van der Waals surface area contributed by atoms with Crippen LogP contribution in [-0.2, 0) is 6.54 Å². The Morgan fingerprint density at radius 1 is 0.571 bits per heavy atom. The summed E-state index contributed by atoms with van der Waals surface area (Å²) in [5.74, 6) is 0. The van der Waals surface area contributed by atoms with E-state index in [0.29, 0.717) is 0 Å². The second-order valence-electron chi connectivity index (χ2n) is 14.4. The SMILES string of the molecule is CCCCCCCCCCCCCCN1/C(=C/C=C/c2sc3ccccc3[n+]2CCCCCCCCCCCCCC)Sc2ccccc21. The summed E-state index contributed by atoms with van der Waals surface area (Å²) in [6.45, 7) is 6.84. The molecule has 0 fully saturated rings. The van der Waals surface area contributed by atoms with Crippen LogP contribution in [0.4, 0.5) is 5.69 Å². The first-order valence-corrected chi connectivity index (χ1v) is 22.3. The fraction of sp³-hybridized carbons (Fsp3) is 0.622. The number of rotatable bonds is 28. The van der Waals surface area contributed by atoms with Crippen molar-refractivity contribution < 1.29 is 4.57 Å². The first-order valence-electron chi connectivity index (χ1n) is 20.7. The number of fused-ring (bicyclic) bond motifs is 2. The van der Waals surface area contributed by atoms with Gasteiger partial charge in [-0.15, -0.1) is 0 Å². The monoisotopic (exact) mass is 701 g/mol. The predicted octanol–water partition coefficient (Wildman–Crippen LogP) is 15.1. The Hall–Kier alpha value is -2.04. The van der Waals surface area contributed by atoms with Crippen molar-refractivity contribution in [2.75, 3.05) is 11.4 Å². The first-order chi connectivity index (χ1) is 24.3. The van der Waals surface area contributed by atoms with Crippen LogP contribution in [0.1, 0.15) is 173 Å². The number of para-hydroxylation sites is 2. The van der Waals surface area contributed by atoms with E-state index in [-0.39, 0.29) is 0 Å². The number of nitrogens with zero attached hydrogens (tertiary/aromatic N) is 2. The highest BCUT2D eigenvalue weighted by atomic mass is 32.2. The Labute approximate surface area is 309 Å². The summed E-state index contributed by atoms with van der Waals surface area (Å²) in [7, 11) is 0. The molecular weight excluding hydrogens is 633 g/mol. The molecule has 0 N–H and O–H groups in total. The van der Waals surface area contributed by atoms with Crippen LogP contribution in [0.3, 0.4) is 0 Å². The number of anilines is 1. The third kappa shape index (κ3) is 14.6. The van der Waals surface area contributed by atoms with Gasteiger partial charge in [0.1, 0.15) is 4.70 Å². The summed E-state index contributed by atoms with van der Waals surface area (Å²) in [5, 5.41) is 2.74. The molecule has 0 radical (unpaired) electrons. The van der Waals surface area contributed by atoms with E-state index < -0.39 is 0 Å². The average molecular weight is 702 g/mol. The van der Waals surface area contributed by atoms with E-state index in [2.05, 4.69) is 90.1 Å². The molecule has 1 aliphatic heterocycles.